The van der Waals surface area contributed by atoms with Gasteiger partial charge in [-0.05, 0) is 50.1 Å². The topological polar surface area (TPSA) is 71.6 Å². The van der Waals surface area contributed by atoms with Crippen molar-refractivity contribution in [3.05, 3.63) is 47.8 Å². The molecular formula is C27H34FN3O5. The van der Waals surface area contributed by atoms with Gasteiger partial charge in [0.2, 0.25) is 5.91 Å². The lowest BCUT2D eigenvalue weighted by molar-refractivity contribution is -0.134. The molecule has 2 aliphatic heterocycles. The number of amides is 2. The van der Waals surface area contributed by atoms with E-state index in [0.29, 0.717) is 55.8 Å². The van der Waals surface area contributed by atoms with Crippen molar-refractivity contribution in [2.75, 3.05) is 50.9 Å². The van der Waals surface area contributed by atoms with E-state index in [1.165, 1.54) is 19.1 Å². The fourth-order valence-electron chi connectivity index (χ4n) is 4.53. The van der Waals surface area contributed by atoms with Crippen molar-refractivity contribution in [2.24, 2.45) is 0 Å². The Hall–Kier alpha value is -3.33. The second-order valence-electron chi connectivity index (χ2n) is 9.34. The molecule has 2 aromatic carbocycles. The van der Waals surface area contributed by atoms with Crippen LogP contribution in [0, 0.1) is 5.82 Å². The SMILES string of the molecule is CC(=O)N1CCCN(C(C)C)CCN(C(=O)COc2ccc3c(c2)OCCO3)Cc2ccc(F)cc21. The van der Waals surface area contributed by atoms with Crippen LogP contribution in [0.5, 0.6) is 17.2 Å². The van der Waals surface area contributed by atoms with Crippen molar-refractivity contribution in [1.29, 1.82) is 0 Å². The molecule has 2 amide bonds. The number of ether oxygens (including phenoxy) is 3. The summed E-state index contributed by atoms with van der Waals surface area (Å²) in [5.74, 6) is 0.988. The first-order valence-corrected chi connectivity index (χ1v) is 12.4. The summed E-state index contributed by atoms with van der Waals surface area (Å²) in [7, 11) is 0. The number of fused-ring (bicyclic) bond motifs is 2. The van der Waals surface area contributed by atoms with Gasteiger partial charge in [0, 0.05) is 51.8 Å². The van der Waals surface area contributed by atoms with Crippen LogP contribution < -0.4 is 19.1 Å². The Kier molecular flexibility index (Phi) is 8.30. The van der Waals surface area contributed by atoms with E-state index in [-0.39, 0.29) is 31.0 Å². The van der Waals surface area contributed by atoms with E-state index < -0.39 is 5.82 Å². The van der Waals surface area contributed by atoms with Crippen LogP contribution >= 0.6 is 0 Å². The fraction of sp³-hybridized carbons (Fsp3) is 0.481. The van der Waals surface area contributed by atoms with Gasteiger partial charge in [0.15, 0.2) is 18.1 Å². The maximum atomic E-state index is 14.2. The van der Waals surface area contributed by atoms with Crippen LogP contribution in [-0.2, 0) is 16.1 Å². The summed E-state index contributed by atoms with van der Waals surface area (Å²) in [5, 5.41) is 0. The highest BCUT2D eigenvalue weighted by Gasteiger charge is 2.24. The maximum Gasteiger partial charge on any atom is 0.260 e. The molecule has 9 heteroatoms. The van der Waals surface area contributed by atoms with E-state index in [4.69, 9.17) is 14.2 Å². The number of rotatable bonds is 4. The normalized spacial score (nSPS) is 16.8. The monoisotopic (exact) mass is 499 g/mol. The van der Waals surface area contributed by atoms with Gasteiger partial charge in [-0.3, -0.25) is 14.5 Å². The lowest BCUT2D eigenvalue weighted by Gasteiger charge is -2.30. The summed E-state index contributed by atoms with van der Waals surface area (Å²) >= 11 is 0. The van der Waals surface area contributed by atoms with Crippen LogP contribution in [0.15, 0.2) is 36.4 Å². The molecule has 0 N–H and O–H groups in total. The van der Waals surface area contributed by atoms with Gasteiger partial charge >= 0.3 is 0 Å². The highest BCUT2D eigenvalue weighted by Crippen LogP contribution is 2.33. The number of benzene rings is 2. The van der Waals surface area contributed by atoms with Crippen molar-refractivity contribution in [3.8, 4) is 17.2 Å². The minimum absolute atomic E-state index is 0.156. The van der Waals surface area contributed by atoms with E-state index in [9.17, 15) is 14.0 Å². The Balaban J connectivity index is 1.56. The van der Waals surface area contributed by atoms with Gasteiger partial charge in [-0.15, -0.1) is 0 Å². The molecule has 0 saturated heterocycles. The Morgan fingerprint density at radius 1 is 1.00 bits per heavy atom. The van der Waals surface area contributed by atoms with E-state index in [0.717, 1.165) is 18.5 Å². The number of halogens is 1. The second kappa shape index (κ2) is 11.6. The van der Waals surface area contributed by atoms with Crippen molar-refractivity contribution < 1.29 is 28.2 Å². The van der Waals surface area contributed by atoms with Crippen molar-refractivity contribution in [2.45, 2.75) is 39.8 Å². The molecule has 0 radical (unpaired) electrons. The third-order valence-electron chi connectivity index (χ3n) is 6.52. The predicted molar refractivity (Wildman–Crippen MR) is 134 cm³/mol. The summed E-state index contributed by atoms with van der Waals surface area (Å²) in [4.78, 5) is 31.4. The molecule has 2 heterocycles. The van der Waals surface area contributed by atoms with Crippen LogP contribution in [0.1, 0.15) is 32.8 Å². The summed E-state index contributed by atoms with van der Waals surface area (Å²) in [5.41, 5.74) is 1.23. The molecule has 4 rings (SSSR count). The molecule has 0 aliphatic carbocycles. The average Bonchev–Trinajstić information content (AvgIpc) is 2.89. The second-order valence-corrected chi connectivity index (χ2v) is 9.34. The number of nitrogens with zero attached hydrogens (tertiary/aromatic N) is 3. The van der Waals surface area contributed by atoms with E-state index in [1.54, 1.807) is 34.1 Å². The van der Waals surface area contributed by atoms with Crippen LogP contribution in [0.4, 0.5) is 10.1 Å². The molecule has 0 aromatic heterocycles. The molecule has 0 spiro atoms. The molecule has 0 unspecified atom stereocenters. The zero-order valence-electron chi connectivity index (χ0n) is 21.2. The minimum Gasteiger partial charge on any atom is -0.486 e. The van der Waals surface area contributed by atoms with E-state index in [2.05, 4.69) is 18.7 Å². The predicted octanol–water partition coefficient (Wildman–Crippen LogP) is 3.47. The largest absolute Gasteiger partial charge is 0.486 e. The standard InChI is InChI=1S/C27H34FN3O5/c1-19(2)29-9-4-10-31(20(3)32)24-15-22(28)6-5-21(24)17-30(12-11-29)27(33)18-36-23-7-8-25-26(16-23)35-14-13-34-25/h5-8,15-16,19H,4,9-14,17-18H2,1-3H3. The van der Waals surface area contributed by atoms with Gasteiger partial charge in [0.1, 0.15) is 24.8 Å². The quantitative estimate of drug-likeness (QED) is 0.642. The molecule has 194 valence electrons. The van der Waals surface area contributed by atoms with Crippen molar-refractivity contribution in [1.82, 2.24) is 9.80 Å². The summed E-state index contributed by atoms with van der Waals surface area (Å²) < 4.78 is 31.2. The van der Waals surface area contributed by atoms with E-state index in [1.807, 2.05) is 0 Å². The van der Waals surface area contributed by atoms with Gasteiger partial charge in [-0.1, -0.05) is 6.07 Å². The van der Waals surface area contributed by atoms with Gasteiger partial charge in [0.25, 0.3) is 5.91 Å². The molecule has 0 fully saturated rings. The van der Waals surface area contributed by atoms with Crippen LogP contribution in [0.2, 0.25) is 0 Å². The van der Waals surface area contributed by atoms with Crippen molar-refractivity contribution >= 4 is 17.5 Å². The Labute approximate surface area is 211 Å². The van der Waals surface area contributed by atoms with Crippen LogP contribution in [0.25, 0.3) is 0 Å². The number of carbonyl (C=O) groups is 2. The first-order chi connectivity index (χ1) is 17.3. The molecule has 8 nitrogen and oxygen atoms in total. The zero-order chi connectivity index (χ0) is 25.7. The molecule has 0 atom stereocenters. The van der Waals surface area contributed by atoms with Crippen LogP contribution in [0.3, 0.4) is 0 Å². The Bertz CT molecular complexity index is 1090. The molecule has 36 heavy (non-hydrogen) atoms. The molecular weight excluding hydrogens is 465 g/mol. The number of hydrogen-bond donors (Lipinski definition) is 0. The minimum atomic E-state index is -0.418. The van der Waals surface area contributed by atoms with Crippen LogP contribution in [-0.4, -0.2) is 73.7 Å². The summed E-state index contributed by atoms with van der Waals surface area (Å²) in [6, 6.07) is 9.91. The van der Waals surface area contributed by atoms with Crippen molar-refractivity contribution in [3.63, 3.8) is 0 Å². The van der Waals surface area contributed by atoms with Gasteiger partial charge in [-0.2, -0.15) is 0 Å². The molecule has 2 aromatic rings. The lowest BCUT2D eigenvalue weighted by atomic mass is 10.1. The molecule has 0 bridgehead atoms. The Morgan fingerprint density at radius 3 is 2.53 bits per heavy atom. The van der Waals surface area contributed by atoms with Gasteiger partial charge < -0.3 is 24.0 Å². The third kappa shape index (κ3) is 6.26. The van der Waals surface area contributed by atoms with E-state index >= 15 is 0 Å². The highest BCUT2D eigenvalue weighted by atomic mass is 19.1. The van der Waals surface area contributed by atoms with Gasteiger partial charge in [-0.25, -0.2) is 4.39 Å². The molecule has 0 saturated carbocycles. The van der Waals surface area contributed by atoms with Gasteiger partial charge in [0.05, 0.1) is 5.69 Å². The molecule has 2 aliphatic rings. The zero-order valence-corrected chi connectivity index (χ0v) is 21.2. The summed E-state index contributed by atoms with van der Waals surface area (Å²) in [6.07, 6.45) is 0.745. The average molecular weight is 500 g/mol. The number of hydrogen-bond acceptors (Lipinski definition) is 6. The first kappa shape index (κ1) is 25.8. The maximum absolute atomic E-state index is 14.2. The highest BCUT2D eigenvalue weighted by molar-refractivity contribution is 5.92. The fourth-order valence-corrected chi connectivity index (χ4v) is 4.53. The summed E-state index contributed by atoms with van der Waals surface area (Å²) in [6.45, 7) is 9.18. The number of carbonyl (C=O) groups excluding carboxylic acids is 2. The number of anilines is 1. The third-order valence-corrected chi connectivity index (χ3v) is 6.52. The first-order valence-electron chi connectivity index (χ1n) is 12.4. The smallest absolute Gasteiger partial charge is 0.260 e. The Morgan fingerprint density at radius 2 is 1.78 bits per heavy atom. The lowest BCUT2D eigenvalue weighted by Crippen LogP contribution is -2.42.